The number of rotatable bonds is 7. The highest BCUT2D eigenvalue weighted by atomic mass is 127. The van der Waals surface area contributed by atoms with Crippen molar-refractivity contribution in [1.29, 1.82) is 0 Å². The Kier molecular flexibility index (Phi) is 7.77. The lowest BCUT2D eigenvalue weighted by molar-refractivity contribution is 0.0376. The van der Waals surface area contributed by atoms with E-state index in [9.17, 15) is 0 Å². The SMILES string of the molecule is I.NC(=NCC1(c2ccccc2)CC1)NCCCN1CCOCC1. The predicted octanol–water partition coefficient (Wildman–Crippen LogP) is 1.96. The summed E-state index contributed by atoms with van der Waals surface area (Å²) in [6, 6.07) is 10.7. The molecule has 0 atom stereocenters. The van der Waals surface area contributed by atoms with E-state index in [2.05, 4.69) is 45.5 Å². The van der Waals surface area contributed by atoms with Crippen LogP contribution in [0.5, 0.6) is 0 Å². The van der Waals surface area contributed by atoms with Crippen LogP contribution in [-0.4, -0.2) is 56.8 Å². The van der Waals surface area contributed by atoms with Gasteiger partial charge in [0.2, 0.25) is 0 Å². The number of morpholine rings is 1. The molecule has 1 saturated carbocycles. The highest BCUT2D eigenvalue weighted by molar-refractivity contribution is 14.0. The van der Waals surface area contributed by atoms with Crippen molar-refractivity contribution >= 4 is 29.9 Å². The third kappa shape index (κ3) is 5.60. The van der Waals surface area contributed by atoms with Crippen LogP contribution in [0.1, 0.15) is 24.8 Å². The minimum atomic E-state index is 0. The van der Waals surface area contributed by atoms with Crippen LogP contribution in [0.3, 0.4) is 0 Å². The molecule has 1 aliphatic heterocycles. The summed E-state index contributed by atoms with van der Waals surface area (Å²) in [5.41, 5.74) is 7.64. The first-order valence-corrected chi connectivity index (χ1v) is 8.68. The molecule has 3 rings (SSSR count). The lowest BCUT2D eigenvalue weighted by Crippen LogP contribution is -2.39. The van der Waals surface area contributed by atoms with Crippen LogP contribution in [0.4, 0.5) is 0 Å². The average Bonchev–Trinajstić information content (AvgIpc) is 3.40. The summed E-state index contributed by atoms with van der Waals surface area (Å²) >= 11 is 0. The smallest absolute Gasteiger partial charge is 0.188 e. The second-order valence-corrected chi connectivity index (χ2v) is 6.58. The fourth-order valence-corrected chi connectivity index (χ4v) is 3.12. The Morgan fingerprint density at radius 3 is 2.58 bits per heavy atom. The Bertz CT molecular complexity index is 513. The van der Waals surface area contributed by atoms with E-state index in [1.807, 2.05) is 0 Å². The zero-order valence-corrected chi connectivity index (χ0v) is 16.6. The minimum Gasteiger partial charge on any atom is -0.379 e. The van der Waals surface area contributed by atoms with E-state index < -0.39 is 0 Å². The Labute approximate surface area is 162 Å². The lowest BCUT2D eigenvalue weighted by atomic mass is 9.96. The van der Waals surface area contributed by atoms with Gasteiger partial charge in [-0.25, -0.2) is 0 Å². The molecule has 2 aliphatic rings. The van der Waals surface area contributed by atoms with Crippen LogP contribution in [0.2, 0.25) is 0 Å². The quantitative estimate of drug-likeness (QED) is 0.292. The number of guanidine groups is 1. The van der Waals surface area contributed by atoms with Gasteiger partial charge in [0.1, 0.15) is 0 Å². The molecular formula is C18H29IN4O. The molecule has 3 N–H and O–H groups in total. The van der Waals surface area contributed by atoms with Crippen molar-refractivity contribution in [3.8, 4) is 0 Å². The second kappa shape index (κ2) is 9.58. The maximum atomic E-state index is 6.01. The molecule has 1 aromatic carbocycles. The zero-order chi connectivity index (χ0) is 16.0. The maximum Gasteiger partial charge on any atom is 0.188 e. The van der Waals surface area contributed by atoms with Crippen LogP contribution in [0, 0.1) is 0 Å². The Hall–Kier alpha value is -0.860. The van der Waals surface area contributed by atoms with Gasteiger partial charge >= 0.3 is 0 Å². The van der Waals surface area contributed by atoms with Crippen molar-refractivity contribution in [2.24, 2.45) is 10.7 Å². The fourth-order valence-electron chi connectivity index (χ4n) is 3.12. The number of nitrogens with two attached hydrogens (primary N) is 1. The molecule has 1 aromatic rings. The van der Waals surface area contributed by atoms with Crippen molar-refractivity contribution in [3.63, 3.8) is 0 Å². The van der Waals surface area contributed by atoms with Gasteiger partial charge in [-0.05, 0) is 31.4 Å². The summed E-state index contributed by atoms with van der Waals surface area (Å²) in [5.74, 6) is 0.578. The number of hydrogen-bond acceptors (Lipinski definition) is 3. The molecule has 0 radical (unpaired) electrons. The predicted molar refractivity (Wildman–Crippen MR) is 109 cm³/mol. The maximum absolute atomic E-state index is 6.01. The number of nitrogens with one attached hydrogen (secondary N) is 1. The van der Waals surface area contributed by atoms with E-state index in [-0.39, 0.29) is 29.4 Å². The number of halogens is 1. The summed E-state index contributed by atoms with van der Waals surface area (Å²) in [6.07, 6.45) is 3.51. The zero-order valence-electron chi connectivity index (χ0n) is 14.2. The molecule has 6 heteroatoms. The van der Waals surface area contributed by atoms with Gasteiger partial charge in [0.25, 0.3) is 0 Å². The van der Waals surface area contributed by atoms with Crippen LogP contribution < -0.4 is 11.1 Å². The van der Waals surface area contributed by atoms with Crippen molar-refractivity contribution in [2.45, 2.75) is 24.7 Å². The number of hydrogen-bond donors (Lipinski definition) is 2. The van der Waals surface area contributed by atoms with Gasteiger partial charge in [0.05, 0.1) is 19.8 Å². The Morgan fingerprint density at radius 1 is 1.21 bits per heavy atom. The summed E-state index contributed by atoms with van der Waals surface area (Å²) in [6.45, 7) is 6.57. The van der Waals surface area contributed by atoms with Gasteiger partial charge in [-0.1, -0.05) is 30.3 Å². The standard InChI is InChI=1S/C18H28N4O.HI/c19-17(20-9-4-10-22-11-13-23-14-12-22)21-15-18(7-8-18)16-5-2-1-3-6-16;/h1-3,5-6H,4,7-15H2,(H3,19,20,21);1H. The van der Waals surface area contributed by atoms with E-state index in [1.165, 1.54) is 18.4 Å². The number of benzene rings is 1. The van der Waals surface area contributed by atoms with Gasteiger partial charge in [-0.3, -0.25) is 9.89 Å². The summed E-state index contributed by atoms with van der Waals surface area (Å²) in [7, 11) is 0. The topological polar surface area (TPSA) is 62.9 Å². The second-order valence-electron chi connectivity index (χ2n) is 6.58. The van der Waals surface area contributed by atoms with Gasteiger partial charge in [0.15, 0.2) is 5.96 Å². The molecule has 24 heavy (non-hydrogen) atoms. The van der Waals surface area contributed by atoms with Gasteiger partial charge in [0, 0.05) is 25.0 Å². The molecule has 0 amide bonds. The minimum absolute atomic E-state index is 0. The van der Waals surface area contributed by atoms with Crippen molar-refractivity contribution in [2.75, 3.05) is 45.9 Å². The summed E-state index contributed by atoms with van der Waals surface area (Å²) in [5, 5.41) is 3.24. The molecule has 134 valence electrons. The number of nitrogens with zero attached hydrogens (tertiary/aromatic N) is 2. The van der Waals surface area contributed by atoms with Gasteiger partial charge < -0.3 is 15.8 Å². The lowest BCUT2D eigenvalue weighted by Gasteiger charge is -2.26. The van der Waals surface area contributed by atoms with Crippen LogP contribution in [0.25, 0.3) is 0 Å². The summed E-state index contributed by atoms with van der Waals surface area (Å²) < 4.78 is 5.35. The largest absolute Gasteiger partial charge is 0.379 e. The van der Waals surface area contributed by atoms with Crippen LogP contribution in [0.15, 0.2) is 35.3 Å². The number of aliphatic imine (C=N–C) groups is 1. The highest BCUT2D eigenvalue weighted by Gasteiger charge is 2.43. The van der Waals surface area contributed by atoms with Crippen LogP contribution in [-0.2, 0) is 10.2 Å². The van der Waals surface area contributed by atoms with E-state index in [0.29, 0.717) is 5.96 Å². The molecule has 5 nitrogen and oxygen atoms in total. The average molecular weight is 444 g/mol. The first-order chi connectivity index (χ1) is 11.3. The highest BCUT2D eigenvalue weighted by Crippen LogP contribution is 2.48. The Balaban J connectivity index is 0.00000208. The van der Waals surface area contributed by atoms with Crippen molar-refractivity contribution < 1.29 is 4.74 Å². The molecule has 0 aromatic heterocycles. The van der Waals surface area contributed by atoms with E-state index >= 15 is 0 Å². The van der Waals surface area contributed by atoms with Crippen molar-refractivity contribution in [1.82, 2.24) is 10.2 Å². The molecule has 0 bridgehead atoms. The molecule has 0 unspecified atom stereocenters. The summed E-state index contributed by atoms with van der Waals surface area (Å²) in [4.78, 5) is 7.01. The van der Waals surface area contributed by atoms with Gasteiger partial charge in [-0.2, -0.15) is 0 Å². The fraction of sp³-hybridized carbons (Fsp3) is 0.611. The molecule has 2 fully saturated rings. The van der Waals surface area contributed by atoms with Gasteiger partial charge in [-0.15, -0.1) is 24.0 Å². The van der Waals surface area contributed by atoms with E-state index in [0.717, 1.165) is 52.4 Å². The normalized spacial score (nSPS) is 20.2. The monoisotopic (exact) mass is 444 g/mol. The molecule has 1 heterocycles. The molecule has 1 saturated heterocycles. The molecule has 1 aliphatic carbocycles. The third-order valence-corrected chi connectivity index (χ3v) is 4.85. The number of ether oxygens (including phenoxy) is 1. The third-order valence-electron chi connectivity index (χ3n) is 4.85. The molecule has 0 spiro atoms. The molecular weight excluding hydrogens is 415 g/mol. The van der Waals surface area contributed by atoms with Crippen LogP contribution >= 0.6 is 24.0 Å². The van der Waals surface area contributed by atoms with E-state index in [1.54, 1.807) is 0 Å². The first-order valence-electron chi connectivity index (χ1n) is 8.68. The van der Waals surface area contributed by atoms with Crippen molar-refractivity contribution in [3.05, 3.63) is 35.9 Å². The first kappa shape index (κ1) is 19.5. The Morgan fingerprint density at radius 2 is 1.92 bits per heavy atom. The van der Waals surface area contributed by atoms with E-state index in [4.69, 9.17) is 10.5 Å².